The van der Waals surface area contributed by atoms with Crippen LogP contribution in [0.25, 0.3) is 0 Å². The van der Waals surface area contributed by atoms with Crippen molar-refractivity contribution < 1.29 is 18.0 Å². The predicted octanol–water partition coefficient (Wildman–Crippen LogP) is 5.95. The minimum atomic E-state index is -3.77. The van der Waals surface area contributed by atoms with Gasteiger partial charge in [0.1, 0.15) is 12.6 Å². The highest BCUT2D eigenvalue weighted by Crippen LogP contribution is 2.60. The summed E-state index contributed by atoms with van der Waals surface area (Å²) in [4.78, 5) is 28.9. The number of hydrogen-bond donors (Lipinski definition) is 1. The summed E-state index contributed by atoms with van der Waals surface area (Å²) in [6.45, 7) is 6.35. The van der Waals surface area contributed by atoms with Gasteiger partial charge in [-0.1, -0.05) is 56.7 Å². The quantitative estimate of drug-likeness (QED) is 0.285. The van der Waals surface area contributed by atoms with Crippen molar-refractivity contribution >= 4 is 27.5 Å². The highest BCUT2D eigenvalue weighted by atomic mass is 32.2. The number of anilines is 1. The van der Waals surface area contributed by atoms with Crippen molar-refractivity contribution in [3.8, 4) is 0 Å². The van der Waals surface area contributed by atoms with E-state index in [4.69, 9.17) is 0 Å². The van der Waals surface area contributed by atoms with E-state index in [-0.39, 0.29) is 24.4 Å². The lowest BCUT2D eigenvalue weighted by atomic mass is 9.48. The number of amides is 2. The summed E-state index contributed by atoms with van der Waals surface area (Å²) in [6.07, 6.45) is 11.2. The monoisotopic (exact) mass is 607 g/mol. The molecule has 0 aliphatic heterocycles. The van der Waals surface area contributed by atoms with Gasteiger partial charge in [0.05, 0.1) is 11.9 Å². The zero-order chi connectivity index (χ0) is 30.8. The Balaban J connectivity index is 1.39. The zero-order valence-corrected chi connectivity index (χ0v) is 27.2. The van der Waals surface area contributed by atoms with E-state index in [0.717, 1.165) is 48.0 Å². The second-order valence-electron chi connectivity index (χ2n) is 13.5. The molecule has 2 aromatic carbocycles. The van der Waals surface area contributed by atoms with Crippen LogP contribution in [0.5, 0.6) is 0 Å². The van der Waals surface area contributed by atoms with Crippen molar-refractivity contribution in [2.75, 3.05) is 23.7 Å². The number of sulfonamides is 1. The van der Waals surface area contributed by atoms with Gasteiger partial charge < -0.3 is 10.2 Å². The van der Waals surface area contributed by atoms with Gasteiger partial charge >= 0.3 is 0 Å². The predicted molar refractivity (Wildman–Crippen MR) is 172 cm³/mol. The largest absolute Gasteiger partial charge is 0.354 e. The minimum Gasteiger partial charge on any atom is -0.354 e. The van der Waals surface area contributed by atoms with Gasteiger partial charge in [-0.15, -0.1) is 0 Å². The molecule has 7 nitrogen and oxygen atoms in total. The highest BCUT2D eigenvalue weighted by molar-refractivity contribution is 7.92. The van der Waals surface area contributed by atoms with Crippen molar-refractivity contribution in [1.82, 2.24) is 10.2 Å². The van der Waals surface area contributed by atoms with Crippen LogP contribution in [-0.2, 0) is 31.6 Å². The van der Waals surface area contributed by atoms with E-state index in [0.29, 0.717) is 18.7 Å². The topological polar surface area (TPSA) is 86.8 Å². The van der Waals surface area contributed by atoms with Crippen LogP contribution in [-0.4, -0.2) is 50.5 Å². The number of nitrogens with zero attached hydrogens (tertiary/aromatic N) is 2. The van der Waals surface area contributed by atoms with Gasteiger partial charge in [-0.2, -0.15) is 0 Å². The van der Waals surface area contributed by atoms with Crippen LogP contribution in [0.1, 0.15) is 88.3 Å². The molecule has 4 fully saturated rings. The van der Waals surface area contributed by atoms with Gasteiger partial charge in [0, 0.05) is 13.1 Å². The van der Waals surface area contributed by atoms with Crippen molar-refractivity contribution in [3.05, 3.63) is 65.2 Å². The molecular formula is C35H49N3O4S. The Bertz CT molecular complexity index is 1370. The fourth-order valence-electron chi connectivity index (χ4n) is 8.46. The number of aryl methyl sites for hydroxylation is 1. The molecule has 0 radical (unpaired) electrons. The summed E-state index contributed by atoms with van der Waals surface area (Å²) in [5, 5.41) is 2.98. The molecular weight excluding hydrogens is 558 g/mol. The van der Waals surface area contributed by atoms with Gasteiger partial charge in [0.15, 0.2) is 0 Å². The maximum Gasteiger partial charge on any atom is 0.244 e. The summed E-state index contributed by atoms with van der Waals surface area (Å²) in [5.74, 6) is 1.86. The number of carbonyl (C=O) groups excluding carboxylic acids is 2. The third-order valence-corrected chi connectivity index (χ3v) is 11.4. The zero-order valence-electron chi connectivity index (χ0n) is 26.3. The lowest BCUT2D eigenvalue weighted by molar-refractivity contribution is -0.140. The Morgan fingerprint density at radius 2 is 1.56 bits per heavy atom. The Hall–Kier alpha value is -2.87. The van der Waals surface area contributed by atoms with Crippen LogP contribution in [0.2, 0.25) is 0 Å². The summed E-state index contributed by atoms with van der Waals surface area (Å²) in [5.41, 5.74) is 3.96. The molecule has 8 heteroatoms. The smallest absolute Gasteiger partial charge is 0.244 e. The Morgan fingerprint density at radius 3 is 2.09 bits per heavy atom. The Kier molecular flexibility index (Phi) is 9.55. The molecule has 0 heterocycles. The van der Waals surface area contributed by atoms with E-state index >= 15 is 0 Å². The van der Waals surface area contributed by atoms with Gasteiger partial charge in [-0.05, 0) is 110 Å². The molecule has 4 bridgehead atoms. The van der Waals surface area contributed by atoms with Crippen LogP contribution in [0, 0.1) is 24.7 Å². The second kappa shape index (κ2) is 13.0. The molecule has 0 saturated heterocycles. The first-order valence-corrected chi connectivity index (χ1v) is 18.1. The highest BCUT2D eigenvalue weighted by Gasteiger charge is 2.51. The molecule has 234 valence electrons. The third-order valence-electron chi connectivity index (χ3n) is 10.3. The molecule has 4 aliphatic carbocycles. The molecule has 0 aromatic heterocycles. The number of benzene rings is 2. The van der Waals surface area contributed by atoms with E-state index in [9.17, 15) is 18.0 Å². The summed E-state index contributed by atoms with van der Waals surface area (Å²) in [7, 11) is -3.77. The molecule has 1 unspecified atom stereocenters. The Labute approximate surface area is 258 Å². The maximum absolute atomic E-state index is 14.1. The molecule has 43 heavy (non-hydrogen) atoms. The fourth-order valence-corrected chi connectivity index (χ4v) is 9.31. The van der Waals surface area contributed by atoms with Crippen LogP contribution in [0.3, 0.4) is 0 Å². The maximum atomic E-state index is 14.1. The summed E-state index contributed by atoms with van der Waals surface area (Å²) >= 11 is 0. The lowest BCUT2D eigenvalue weighted by Crippen LogP contribution is -2.52. The van der Waals surface area contributed by atoms with E-state index in [1.54, 1.807) is 4.90 Å². The van der Waals surface area contributed by atoms with Crippen molar-refractivity contribution in [1.29, 1.82) is 0 Å². The van der Waals surface area contributed by atoms with Gasteiger partial charge in [0.25, 0.3) is 0 Å². The summed E-state index contributed by atoms with van der Waals surface area (Å²) < 4.78 is 27.5. The van der Waals surface area contributed by atoms with Crippen LogP contribution < -0.4 is 9.62 Å². The first kappa shape index (κ1) is 31.6. The lowest BCUT2D eigenvalue weighted by Gasteiger charge is -2.57. The van der Waals surface area contributed by atoms with E-state index < -0.39 is 22.0 Å². The van der Waals surface area contributed by atoms with E-state index in [2.05, 4.69) is 24.4 Å². The van der Waals surface area contributed by atoms with Crippen molar-refractivity contribution in [2.24, 2.45) is 17.8 Å². The molecule has 1 atom stereocenters. The van der Waals surface area contributed by atoms with Crippen molar-refractivity contribution in [2.45, 2.75) is 96.6 Å². The SMILES string of the molecule is CCCCNC(=O)C(CC)N(Cc1ccccc1C)C(=O)CN(c1ccc(C23CC4CC(CC(C4)C2)C3)cc1)S(C)(=O)=O. The molecule has 1 N–H and O–H groups in total. The van der Waals surface area contributed by atoms with Gasteiger partial charge in [0.2, 0.25) is 21.8 Å². The normalized spacial score (nSPS) is 24.9. The average Bonchev–Trinajstić information content (AvgIpc) is 2.95. The molecule has 2 amide bonds. The van der Waals surface area contributed by atoms with Crippen LogP contribution in [0.4, 0.5) is 5.69 Å². The molecule has 2 aromatic rings. The van der Waals surface area contributed by atoms with Gasteiger partial charge in [-0.25, -0.2) is 8.42 Å². The number of rotatable bonds is 13. The van der Waals surface area contributed by atoms with Crippen LogP contribution in [0.15, 0.2) is 48.5 Å². The number of hydrogen-bond acceptors (Lipinski definition) is 4. The number of nitrogens with one attached hydrogen (secondary N) is 1. The molecule has 6 rings (SSSR count). The minimum absolute atomic E-state index is 0.205. The van der Waals surface area contributed by atoms with Crippen LogP contribution >= 0.6 is 0 Å². The summed E-state index contributed by atoms with van der Waals surface area (Å²) in [6, 6.07) is 15.1. The second-order valence-corrected chi connectivity index (χ2v) is 15.4. The Morgan fingerprint density at radius 1 is 0.953 bits per heavy atom. The van der Waals surface area contributed by atoms with Gasteiger partial charge in [-0.3, -0.25) is 13.9 Å². The third kappa shape index (κ3) is 6.95. The molecule has 4 saturated carbocycles. The first-order chi connectivity index (χ1) is 20.5. The average molecular weight is 608 g/mol. The fraction of sp³-hybridized carbons (Fsp3) is 0.600. The van der Waals surface area contributed by atoms with E-state index in [1.807, 2.05) is 50.2 Å². The molecule has 0 spiro atoms. The number of unbranched alkanes of at least 4 members (excludes halogenated alkanes) is 1. The standard InChI is InChI=1S/C35H49N3O4S/c1-5-7-16-36-34(40)32(6-2)37(23-29-11-9-8-10-25(29)3)33(39)24-38(43(4,41)42)31-14-12-30(13-15-31)35-20-26-17-27(21-35)19-28(18-26)22-35/h8-15,26-28,32H,5-7,16-24H2,1-4H3,(H,36,40). The molecule has 4 aliphatic rings. The number of carbonyl (C=O) groups is 2. The van der Waals surface area contributed by atoms with E-state index in [1.165, 1.54) is 48.4 Å². The van der Waals surface area contributed by atoms with Crippen molar-refractivity contribution in [3.63, 3.8) is 0 Å². The first-order valence-electron chi connectivity index (χ1n) is 16.2.